The molecule has 1 amide bonds. The predicted octanol–water partition coefficient (Wildman–Crippen LogP) is 7.82. The summed E-state index contributed by atoms with van der Waals surface area (Å²) >= 11 is 3.45. The van der Waals surface area contributed by atoms with Crippen LogP contribution in [-0.2, 0) is 26.9 Å². The number of hydrogen-bond acceptors (Lipinski definition) is 4. The van der Waals surface area contributed by atoms with Gasteiger partial charge in [0.05, 0.1) is 23.2 Å². The lowest BCUT2D eigenvalue weighted by atomic mass is 9.90. The van der Waals surface area contributed by atoms with E-state index in [1.807, 2.05) is 10.6 Å². The van der Waals surface area contributed by atoms with Gasteiger partial charge in [0.25, 0.3) is 0 Å². The molecule has 1 saturated carbocycles. The molecular formula is C31H34BrF3N2O4. The molecule has 10 heteroatoms. The van der Waals surface area contributed by atoms with Gasteiger partial charge in [-0.3, -0.25) is 4.79 Å². The second-order valence-electron chi connectivity index (χ2n) is 11.4. The number of allylic oxidation sites excluding steroid dienone is 1. The third-order valence-electron chi connectivity index (χ3n) is 7.77. The van der Waals surface area contributed by atoms with E-state index in [0.29, 0.717) is 43.7 Å². The van der Waals surface area contributed by atoms with Gasteiger partial charge < -0.3 is 24.1 Å². The van der Waals surface area contributed by atoms with Crippen LogP contribution in [-0.4, -0.2) is 35.3 Å². The number of carbonyl (C=O) groups excluding carboxylic acids is 1. The topological polar surface area (TPSA) is 61.7 Å². The first-order chi connectivity index (χ1) is 19.5. The molecule has 1 fully saturated rings. The molecule has 1 aromatic heterocycles. The molecule has 2 heterocycles. The number of nitrogens with zero attached hydrogens (tertiary/aromatic N) is 1. The van der Waals surface area contributed by atoms with Crippen LogP contribution < -0.4 is 14.8 Å². The molecule has 1 aliphatic heterocycles. The fraction of sp³-hybridized carbons (Fsp3) is 0.452. The lowest BCUT2D eigenvalue weighted by Crippen LogP contribution is -2.28. The first kappa shape index (κ1) is 29.5. The number of hydrogen-bond donors (Lipinski definition) is 1. The van der Waals surface area contributed by atoms with Crippen LogP contribution in [0.15, 0.2) is 49.1 Å². The lowest BCUT2D eigenvalue weighted by molar-refractivity contribution is -0.286. The average Bonchev–Trinajstić information content (AvgIpc) is 3.57. The Labute approximate surface area is 246 Å². The van der Waals surface area contributed by atoms with Gasteiger partial charge in [0, 0.05) is 41.0 Å². The molecular weight excluding hydrogens is 601 g/mol. The lowest BCUT2D eigenvalue weighted by Gasteiger charge is -2.26. The molecule has 6 nitrogen and oxygen atoms in total. The molecule has 0 bridgehead atoms. The van der Waals surface area contributed by atoms with Gasteiger partial charge in [0.15, 0.2) is 11.5 Å². The number of halogens is 4. The SMILES string of the molecule is C=CCn1c(C(C)(C)COCCCCCBr)cc2cc(NC(=O)C3(c4ccc5c(c4)OC(F)(F)O5)CC3)c(F)cc21. The third kappa shape index (κ3) is 6.00. The van der Waals surface area contributed by atoms with Gasteiger partial charge in [0.1, 0.15) is 5.82 Å². The van der Waals surface area contributed by atoms with Gasteiger partial charge in [-0.2, -0.15) is 0 Å². The number of nitrogens with one attached hydrogen (secondary N) is 1. The zero-order chi connectivity index (χ0) is 29.4. The van der Waals surface area contributed by atoms with Crippen molar-refractivity contribution in [3.8, 4) is 11.5 Å². The Balaban J connectivity index is 1.37. The van der Waals surface area contributed by atoms with Crippen molar-refractivity contribution in [1.29, 1.82) is 0 Å². The zero-order valence-electron chi connectivity index (χ0n) is 23.2. The van der Waals surface area contributed by atoms with Gasteiger partial charge in [-0.15, -0.1) is 15.4 Å². The van der Waals surface area contributed by atoms with E-state index in [-0.39, 0.29) is 22.6 Å². The molecule has 1 N–H and O–H groups in total. The maximum atomic E-state index is 15.4. The van der Waals surface area contributed by atoms with Gasteiger partial charge in [-0.25, -0.2) is 4.39 Å². The van der Waals surface area contributed by atoms with E-state index in [0.717, 1.165) is 35.7 Å². The van der Waals surface area contributed by atoms with Crippen molar-refractivity contribution >= 4 is 38.4 Å². The number of carbonyl (C=O) groups is 1. The fourth-order valence-corrected chi connectivity index (χ4v) is 5.80. The molecule has 0 spiro atoms. The highest BCUT2D eigenvalue weighted by molar-refractivity contribution is 9.09. The molecule has 0 atom stereocenters. The molecule has 0 saturated heterocycles. The van der Waals surface area contributed by atoms with Crippen LogP contribution in [0.4, 0.5) is 18.9 Å². The van der Waals surface area contributed by atoms with Gasteiger partial charge in [-0.1, -0.05) is 48.3 Å². The number of fused-ring (bicyclic) bond motifs is 2. The zero-order valence-corrected chi connectivity index (χ0v) is 24.8. The van der Waals surface area contributed by atoms with E-state index in [1.54, 1.807) is 18.2 Å². The van der Waals surface area contributed by atoms with E-state index < -0.39 is 23.4 Å². The van der Waals surface area contributed by atoms with Crippen molar-refractivity contribution in [2.75, 3.05) is 23.9 Å². The summed E-state index contributed by atoms with van der Waals surface area (Å²) in [6, 6.07) is 9.41. The van der Waals surface area contributed by atoms with Crippen molar-refractivity contribution in [3.63, 3.8) is 0 Å². The highest BCUT2D eigenvalue weighted by atomic mass is 79.9. The third-order valence-corrected chi connectivity index (χ3v) is 8.33. The van der Waals surface area contributed by atoms with Crippen LogP contribution in [0.3, 0.4) is 0 Å². The van der Waals surface area contributed by atoms with Crippen molar-refractivity contribution in [1.82, 2.24) is 4.57 Å². The first-order valence-corrected chi connectivity index (χ1v) is 14.9. The standard InChI is InChI=1S/C31H34BrF3N2O4/c1-4-13-37-24-18-22(33)23(15-20(24)16-27(37)29(2,3)19-39-14-7-5-6-12-32)36-28(38)30(10-11-30)21-8-9-25-26(17-21)41-31(34,35)40-25/h4,8-9,15-18H,1,5-7,10-14,19H2,2-3H3,(H,36,38). The van der Waals surface area contributed by atoms with E-state index in [1.165, 1.54) is 18.2 Å². The predicted molar refractivity (Wildman–Crippen MR) is 156 cm³/mol. The smallest absolute Gasteiger partial charge is 0.395 e. The summed E-state index contributed by atoms with van der Waals surface area (Å²) in [5.74, 6) is -1.18. The normalized spacial score (nSPS) is 16.6. The maximum absolute atomic E-state index is 15.4. The summed E-state index contributed by atoms with van der Waals surface area (Å²) in [7, 11) is 0. The van der Waals surface area contributed by atoms with Crippen molar-refractivity contribution < 1.29 is 32.2 Å². The second-order valence-corrected chi connectivity index (χ2v) is 12.2. The Bertz CT molecular complexity index is 1470. The van der Waals surface area contributed by atoms with Crippen LogP contribution in [0.25, 0.3) is 10.9 Å². The average molecular weight is 636 g/mol. The molecule has 1 aliphatic carbocycles. The first-order valence-electron chi connectivity index (χ1n) is 13.8. The molecule has 3 aromatic rings. The number of rotatable bonds is 13. The summed E-state index contributed by atoms with van der Waals surface area (Å²) in [5, 5.41) is 4.52. The Morgan fingerprint density at radius 3 is 2.61 bits per heavy atom. The molecule has 220 valence electrons. The van der Waals surface area contributed by atoms with Gasteiger partial charge in [0.2, 0.25) is 5.91 Å². The van der Waals surface area contributed by atoms with Crippen molar-refractivity contribution in [2.24, 2.45) is 0 Å². The minimum Gasteiger partial charge on any atom is -0.395 e. The quantitative estimate of drug-likeness (QED) is 0.118. The second kappa shape index (κ2) is 11.4. The molecule has 2 aliphatic rings. The van der Waals surface area contributed by atoms with Crippen LogP contribution in [0.5, 0.6) is 11.5 Å². The van der Waals surface area contributed by atoms with Crippen LogP contribution in [0.2, 0.25) is 0 Å². The Morgan fingerprint density at radius 2 is 1.90 bits per heavy atom. The summed E-state index contributed by atoms with van der Waals surface area (Å²) < 4.78 is 59.5. The largest absolute Gasteiger partial charge is 0.586 e. The van der Waals surface area contributed by atoms with Gasteiger partial charge >= 0.3 is 6.29 Å². The molecule has 5 rings (SSSR count). The van der Waals surface area contributed by atoms with Crippen LogP contribution in [0, 0.1) is 5.82 Å². The molecule has 41 heavy (non-hydrogen) atoms. The Kier molecular flexibility index (Phi) is 8.18. The number of amides is 1. The Hall–Kier alpha value is -2.98. The summed E-state index contributed by atoms with van der Waals surface area (Å²) in [6.45, 7) is 9.74. The van der Waals surface area contributed by atoms with E-state index in [4.69, 9.17) is 4.74 Å². The molecule has 0 unspecified atom stereocenters. The number of alkyl halides is 3. The van der Waals surface area contributed by atoms with Crippen LogP contribution in [0.1, 0.15) is 57.2 Å². The van der Waals surface area contributed by atoms with Crippen molar-refractivity contribution in [3.05, 3.63) is 66.1 Å². The highest BCUT2D eigenvalue weighted by Gasteiger charge is 2.53. The highest BCUT2D eigenvalue weighted by Crippen LogP contribution is 2.52. The number of unbranched alkanes of at least 4 members (excludes halogenated alkanes) is 2. The Morgan fingerprint density at radius 1 is 1.15 bits per heavy atom. The summed E-state index contributed by atoms with van der Waals surface area (Å²) in [6.07, 6.45) is 2.24. The summed E-state index contributed by atoms with van der Waals surface area (Å²) in [5.41, 5.74) is 0.941. The number of aromatic nitrogens is 1. The minimum atomic E-state index is -3.74. The number of ether oxygens (including phenoxy) is 3. The van der Waals surface area contributed by atoms with Gasteiger partial charge in [-0.05, 0) is 55.5 Å². The monoisotopic (exact) mass is 634 g/mol. The fourth-order valence-electron chi connectivity index (χ4n) is 5.40. The van der Waals surface area contributed by atoms with E-state index >= 15 is 4.39 Å². The number of anilines is 1. The minimum absolute atomic E-state index is 0.0594. The van der Waals surface area contributed by atoms with E-state index in [9.17, 15) is 13.6 Å². The van der Waals surface area contributed by atoms with E-state index in [2.05, 4.69) is 51.1 Å². The summed E-state index contributed by atoms with van der Waals surface area (Å²) in [4.78, 5) is 13.4. The molecule has 0 radical (unpaired) electrons. The number of benzene rings is 2. The van der Waals surface area contributed by atoms with Crippen molar-refractivity contribution in [2.45, 2.75) is 69.6 Å². The maximum Gasteiger partial charge on any atom is 0.586 e. The van der Waals surface area contributed by atoms with Crippen LogP contribution >= 0.6 is 15.9 Å². The molecule has 2 aromatic carbocycles.